The van der Waals surface area contributed by atoms with Gasteiger partial charge in [-0.2, -0.15) is 0 Å². The molecule has 0 atom stereocenters. The van der Waals surface area contributed by atoms with Crippen LogP contribution in [0.25, 0.3) is 10.6 Å². The van der Waals surface area contributed by atoms with Crippen LogP contribution >= 0.6 is 46.2 Å². The van der Waals surface area contributed by atoms with Gasteiger partial charge in [0, 0.05) is 33.4 Å². The van der Waals surface area contributed by atoms with Gasteiger partial charge in [-0.1, -0.05) is 36.4 Å². The number of carbonyl (C=O) groups excluding carboxylic acids is 2. The number of hydrogen-bond donors (Lipinski definition) is 3. The molecule has 1 fully saturated rings. The number of amides is 2. The molecule has 1 saturated heterocycles. The summed E-state index contributed by atoms with van der Waals surface area (Å²) < 4.78 is 25.8. The molecule has 0 radical (unpaired) electrons. The Labute approximate surface area is 251 Å². The van der Waals surface area contributed by atoms with Gasteiger partial charge in [0.05, 0.1) is 16.1 Å². The minimum Gasteiger partial charge on any atom is -0.347 e. The second kappa shape index (κ2) is 12.7. The number of thiophene rings is 1. The molecule has 212 valence electrons. The summed E-state index contributed by atoms with van der Waals surface area (Å²) in [6, 6.07) is 16.4. The Morgan fingerprint density at radius 1 is 1.00 bits per heavy atom. The molecule has 0 saturated carbocycles. The van der Waals surface area contributed by atoms with Crippen molar-refractivity contribution in [3.63, 3.8) is 0 Å². The number of rotatable bonds is 10. The van der Waals surface area contributed by atoms with E-state index in [1.165, 1.54) is 53.3 Å². The first kappa shape index (κ1) is 29.2. The van der Waals surface area contributed by atoms with Gasteiger partial charge in [0.1, 0.15) is 20.5 Å². The fourth-order valence-corrected chi connectivity index (χ4v) is 9.56. The molecule has 41 heavy (non-hydrogen) atoms. The molecule has 3 N–H and O–H groups in total. The van der Waals surface area contributed by atoms with E-state index < -0.39 is 26.8 Å². The molecule has 0 bridgehead atoms. The first-order valence-electron chi connectivity index (χ1n) is 11.9. The Morgan fingerprint density at radius 2 is 1.73 bits per heavy atom. The summed E-state index contributed by atoms with van der Waals surface area (Å²) >= 11 is 6.00. The van der Waals surface area contributed by atoms with Crippen LogP contribution in [0.15, 0.2) is 70.3 Å². The maximum atomic E-state index is 12.7. The standard InChI is InChI=1S/C25H21N5O6S5/c31-22(18-3-1-2-4-20(18)30(33)34)26-13-17-9-10-21(40-17)41(35,36)29-28-23(32)19-14-39-24(27-19)15-5-7-16(8-6-15)25-37-11-12-38-25/h1-10,14,25,29H,11-13H2,(H,26,31)(H,28,32). The van der Waals surface area contributed by atoms with Crippen LogP contribution in [0.2, 0.25) is 0 Å². The van der Waals surface area contributed by atoms with Crippen LogP contribution in [-0.2, 0) is 16.6 Å². The third-order valence-electron chi connectivity index (χ3n) is 5.76. The van der Waals surface area contributed by atoms with E-state index in [0.717, 1.165) is 28.4 Å². The maximum absolute atomic E-state index is 12.7. The molecule has 2 aromatic carbocycles. The molecule has 5 rings (SSSR count). The fraction of sp³-hybridized carbons (Fsp3) is 0.160. The number of carbonyl (C=O) groups is 2. The predicted molar refractivity (Wildman–Crippen MR) is 162 cm³/mol. The summed E-state index contributed by atoms with van der Waals surface area (Å²) in [6.07, 6.45) is 0. The molecule has 0 aliphatic carbocycles. The molecule has 16 heteroatoms. The summed E-state index contributed by atoms with van der Waals surface area (Å²) in [5, 5.41) is 15.9. The summed E-state index contributed by atoms with van der Waals surface area (Å²) in [4.78, 5) is 42.4. The Bertz CT molecular complexity index is 1700. The molecule has 3 heterocycles. The lowest BCUT2D eigenvalue weighted by Gasteiger charge is -2.08. The topological polar surface area (TPSA) is 160 Å². The number of thiazole rings is 1. The lowest BCUT2D eigenvalue weighted by molar-refractivity contribution is -0.385. The number of thioether (sulfide) groups is 2. The molecule has 0 unspecified atom stereocenters. The Hall–Kier alpha value is -3.28. The van der Waals surface area contributed by atoms with Gasteiger partial charge in [-0.25, -0.2) is 13.4 Å². The molecule has 1 aliphatic heterocycles. The summed E-state index contributed by atoms with van der Waals surface area (Å²) in [6.45, 7) is -0.0433. The van der Waals surface area contributed by atoms with E-state index in [4.69, 9.17) is 0 Å². The first-order chi connectivity index (χ1) is 19.7. The highest BCUT2D eigenvalue weighted by molar-refractivity contribution is 8.19. The van der Waals surface area contributed by atoms with Crippen molar-refractivity contribution in [3.05, 3.63) is 97.9 Å². The number of nitrogens with one attached hydrogen (secondary N) is 3. The lowest BCUT2D eigenvalue weighted by Crippen LogP contribution is -2.41. The first-order valence-corrected chi connectivity index (χ1v) is 17.2. The zero-order chi connectivity index (χ0) is 29.0. The van der Waals surface area contributed by atoms with Crippen molar-refractivity contribution in [1.29, 1.82) is 0 Å². The van der Waals surface area contributed by atoms with Gasteiger partial charge >= 0.3 is 0 Å². The second-order valence-electron chi connectivity index (χ2n) is 8.47. The van der Waals surface area contributed by atoms with E-state index in [2.05, 4.69) is 32.7 Å². The van der Waals surface area contributed by atoms with E-state index in [1.54, 1.807) is 5.38 Å². The Morgan fingerprint density at radius 3 is 2.46 bits per heavy atom. The number of aromatic nitrogens is 1. The molecule has 0 spiro atoms. The van der Waals surface area contributed by atoms with Gasteiger partial charge in [0.15, 0.2) is 0 Å². The van der Waals surface area contributed by atoms with Crippen LogP contribution in [0, 0.1) is 10.1 Å². The van der Waals surface area contributed by atoms with E-state index >= 15 is 0 Å². The number of nitro benzene ring substituents is 1. The van der Waals surface area contributed by atoms with Crippen molar-refractivity contribution in [2.75, 3.05) is 11.5 Å². The Balaban J connectivity index is 1.16. The minimum absolute atomic E-state index is 0.0433. The van der Waals surface area contributed by atoms with Crippen LogP contribution < -0.4 is 15.6 Å². The van der Waals surface area contributed by atoms with Crippen LogP contribution in [0.3, 0.4) is 0 Å². The number of hydrogen-bond acceptors (Lipinski definition) is 11. The van der Waals surface area contributed by atoms with Crippen LogP contribution in [-0.4, -0.2) is 41.6 Å². The number of benzene rings is 2. The highest BCUT2D eigenvalue weighted by Gasteiger charge is 2.22. The summed E-state index contributed by atoms with van der Waals surface area (Å²) in [5.41, 5.74) is 3.93. The molecule has 1 aliphatic rings. The van der Waals surface area contributed by atoms with Crippen LogP contribution in [0.1, 0.15) is 35.9 Å². The number of hydrazine groups is 1. The molecule has 4 aromatic rings. The van der Waals surface area contributed by atoms with Gasteiger partial charge in [-0.15, -0.1) is 51.0 Å². The van der Waals surface area contributed by atoms with Crippen molar-refractivity contribution in [2.24, 2.45) is 0 Å². The molecule has 11 nitrogen and oxygen atoms in total. The molecular formula is C25H21N5O6S5. The number of nitrogens with zero attached hydrogens (tertiary/aromatic N) is 2. The van der Waals surface area contributed by atoms with Gasteiger partial charge in [-0.05, 0) is 23.8 Å². The lowest BCUT2D eigenvalue weighted by atomic mass is 10.1. The van der Waals surface area contributed by atoms with Gasteiger partial charge in [-0.3, -0.25) is 25.1 Å². The SMILES string of the molecule is O=C(NNS(=O)(=O)c1ccc(CNC(=O)c2ccccc2[N+](=O)[O-])s1)c1csc(-c2ccc(C3SCCS3)cc2)n1. The zero-order valence-electron chi connectivity index (χ0n) is 20.9. The molecular weight excluding hydrogens is 627 g/mol. The molecule has 2 amide bonds. The summed E-state index contributed by atoms with van der Waals surface area (Å²) in [5.74, 6) is 0.910. The monoisotopic (exact) mass is 647 g/mol. The Kier molecular flexibility index (Phi) is 9.06. The van der Waals surface area contributed by atoms with Crippen molar-refractivity contribution >= 4 is 73.7 Å². The van der Waals surface area contributed by atoms with Crippen molar-refractivity contribution in [2.45, 2.75) is 15.3 Å². The maximum Gasteiger partial charge on any atom is 0.285 e. The quantitative estimate of drug-likeness (QED) is 0.162. The average molecular weight is 648 g/mol. The largest absolute Gasteiger partial charge is 0.347 e. The summed E-state index contributed by atoms with van der Waals surface area (Å²) in [7, 11) is -4.10. The number of sulfonamides is 1. The highest BCUT2D eigenvalue weighted by atomic mass is 32.2. The third kappa shape index (κ3) is 6.97. The number of nitro groups is 1. The highest BCUT2D eigenvalue weighted by Crippen LogP contribution is 2.45. The smallest absolute Gasteiger partial charge is 0.285 e. The second-order valence-corrected chi connectivity index (χ2v) is 15.1. The van der Waals surface area contributed by atoms with Gasteiger partial charge in [0.2, 0.25) is 0 Å². The third-order valence-corrected chi connectivity index (χ3v) is 12.6. The number of para-hydroxylation sites is 1. The zero-order valence-corrected chi connectivity index (χ0v) is 25.0. The van der Waals surface area contributed by atoms with E-state index in [1.807, 2.05) is 35.7 Å². The van der Waals surface area contributed by atoms with Crippen LogP contribution in [0.4, 0.5) is 5.69 Å². The average Bonchev–Trinajstić information content (AvgIpc) is 3.77. The van der Waals surface area contributed by atoms with E-state index in [-0.39, 0.29) is 27.7 Å². The molecule has 2 aromatic heterocycles. The van der Waals surface area contributed by atoms with E-state index in [9.17, 15) is 28.1 Å². The normalized spacial score (nSPS) is 13.7. The van der Waals surface area contributed by atoms with E-state index in [0.29, 0.717) is 14.5 Å². The van der Waals surface area contributed by atoms with Gasteiger partial charge < -0.3 is 5.32 Å². The minimum atomic E-state index is -4.10. The van der Waals surface area contributed by atoms with Crippen LogP contribution in [0.5, 0.6) is 0 Å². The fourth-order valence-electron chi connectivity index (χ4n) is 3.76. The van der Waals surface area contributed by atoms with Gasteiger partial charge in [0.25, 0.3) is 27.5 Å². The van der Waals surface area contributed by atoms with Crippen molar-refractivity contribution < 1.29 is 22.9 Å². The van der Waals surface area contributed by atoms with Crippen molar-refractivity contribution in [3.8, 4) is 10.6 Å². The predicted octanol–water partition coefficient (Wildman–Crippen LogP) is 4.81. The van der Waals surface area contributed by atoms with Crippen molar-refractivity contribution in [1.82, 2.24) is 20.6 Å².